The van der Waals surface area contributed by atoms with E-state index in [-0.39, 0.29) is 0 Å². The molecule has 0 saturated carbocycles. The Balaban J connectivity index is 1.09. The van der Waals surface area contributed by atoms with Gasteiger partial charge in [-0.25, -0.2) is 0 Å². The van der Waals surface area contributed by atoms with Gasteiger partial charge in [-0.15, -0.1) is 11.3 Å². The molecule has 3 heteroatoms. The lowest BCUT2D eigenvalue weighted by Gasteiger charge is -2.26. The first-order valence-electron chi connectivity index (χ1n) is 16.6. The minimum atomic E-state index is 0.913. The maximum Gasteiger partial charge on any atom is 0.135 e. The van der Waals surface area contributed by atoms with Gasteiger partial charge in [0.15, 0.2) is 0 Å². The van der Waals surface area contributed by atoms with E-state index >= 15 is 0 Å². The average Bonchev–Trinajstić information content (AvgIpc) is 3.74. The molecule has 0 saturated heterocycles. The number of thiophene rings is 1. The molecule has 0 radical (unpaired) electrons. The van der Waals surface area contributed by atoms with Crippen molar-refractivity contribution in [2.75, 3.05) is 4.90 Å². The second-order valence-electron chi connectivity index (χ2n) is 12.5. The zero-order chi connectivity index (χ0) is 32.3. The van der Waals surface area contributed by atoms with E-state index in [1.807, 2.05) is 23.5 Å². The Labute approximate surface area is 287 Å². The maximum atomic E-state index is 6.09. The van der Waals surface area contributed by atoms with E-state index in [0.29, 0.717) is 0 Å². The normalized spacial score (nSPS) is 11.7. The predicted octanol–water partition coefficient (Wildman–Crippen LogP) is 13.9. The van der Waals surface area contributed by atoms with E-state index in [1.54, 1.807) is 0 Å². The standard InChI is InChI=1S/C46H29NOS/c1-2-8-30(9-3-1)31-14-20-35(21-15-31)47(37-24-25-40-45(29-37)49-44-27-19-33-10-4-5-11-38(33)46(40)44)36-22-16-32(17-23-36)34-18-26-43-41(28-34)39-12-6-7-13-42(39)48-43/h1-29H. The topological polar surface area (TPSA) is 16.4 Å². The highest BCUT2D eigenvalue weighted by molar-refractivity contribution is 7.26. The van der Waals surface area contributed by atoms with Gasteiger partial charge >= 0.3 is 0 Å². The molecule has 230 valence electrons. The fraction of sp³-hybridized carbons (Fsp3) is 0. The number of fused-ring (bicyclic) bond motifs is 8. The van der Waals surface area contributed by atoms with Crippen LogP contribution in [0.2, 0.25) is 0 Å². The summed E-state index contributed by atoms with van der Waals surface area (Å²) in [7, 11) is 0. The van der Waals surface area contributed by atoms with Crippen molar-refractivity contribution in [2.45, 2.75) is 0 Å². The van der Waals surface area contributed by atoms with E-state index in [0.717, 1.165) is 39.0 Å². The smallest absolute Gasteiger partial charge is 0.135 e. The maximum absolute atomic E-state index is 6.09. The van der Waals surface area contributed by atoms with Crippen molar-refractivity contribution >= 4 is 81.3 Å². The molecule has 2 heterocycles. The molecule has 0 atom stereocenters. The van der Waals surface area contributed by atoms with Crippen LogP contribution in [-0.2, 0) is 0 Å². The Hall–Kier alpha value is -6.16. The molecular weight excluding hydrogens is 615 g/mol. The van der Waals surface area contributed by atoms with Crippen LogP contribution >= 0.6 is 11.3 Å². The minimum Gasteiger partial charge on any atom is -0.456 e. The molecule has 8 aromatic carbocycles. The summed E-state index contributed by atoms with van der Waals surface area (Å²) in [5, 5.41) is 7.52. The lowest BCUT2D eigenvalue weighted by molar-refractivity contribution is 0.669. The van der Waals surface area contributed by atoms with Gasteiger partial charge in [0.2, 0.25) is 0 Å². The van der Waals surface area contributed by atoms with Crippen molar-refractivity contribution in [2.24, 2.45) is 0 Å². The van der Waals surface area contributed by atoms with Gasteiger partial charge in [-0.3, -0.25) is 0 Å². The van der Waals surface area contributed by atoms with Gasteiger partial charge < -0.3 is 9.32 Å². The summed E-state index contributed by atoms with van der Waals surface area (Å²) in [4.78, 5) is 2.37. The second-order valence-corrected chi connectivity index (χ2v) is 13.6. The van der Waals surface area contributed by atoms with Crippen LogP contribution in [0.1, 0.15) is 0 Å². The van der Waals surface area contributed by atoms with Gasteiger partial charge in [0.25, 0.3) is 0 Å². The Morgan fingerprint density at radius 2 is 0.980 bits per heavy atom. The van der Waals surface area contributed by atoms with E-state index in [9.17, 15) is 0 Å². The third-order valence-corrected chi connectivity index (χ3v) is 10.8. The van der Waals surface area contributed by atoms with E-state index in [2.05, 4.69) is 169 Å². The van der Waals surface area contributed by atoms with Crippen LogP contribution in [0.5, 0.6) is 0 Å². The lowest BCUT2D eigenvalue weighted by Crippen LogP contribution is -2.09. The summed E-state index contributed by atoms with van der Waals surface area (Å²) < 4.78 is 8.69. The van der Waals surface area contributed by atoms with E-state index in [4.69, 9.17) is 4.42 Å². The largest absolute Gasteiger partial charge is 0.456 e. The molecule has 2 nitrogen and oxygen atoms in total. The molecule has 10 aromatic rings. The van der Waals surface area contributed by atoms with Crippen molar-refractivity contribution in [3.05, 3.63) is 176 Å². The molecule has 0 N–H and O–H groups in total. The third-order valence-electron chi connectivity index (χ3n) is 9.67. The molecule has 10 rings (SSSR count). The van der Waals surface area contributed by atoms with E-state index < -0.39 is 0 Å². The Bertz CT molecular complexity index is 2810. The van der Waals surface area contributed by atoms with Crippen molar-refractivity contribution in [1.82, 2.24) is 0 Å². The van der Waals surface area contributed by atoms with Gasteiger partial charge in [-0.2, -0.15) is 0 Å². The van der Waals surface area contributed by atoms with Crippen LogP contribution in [-0.4, -0.2) is 0 Å². The molecule has 2 aromatic heterocycles. The van der Waals surface area contributed by atoms with E-state index in [1.165, 1.54) is 53.2 Å². The molecule has 0 fully saturated rings. The molecule has 0 amide bonds. The fourth-order valence-corrected chi connectivity index (χ4v) is 8.42. The monoisotopic (exact) mass is 643 g/mol. The Kier molecular flexibility index (Phi) is 6.39. The summed E-state index contributed by atoms with van der Waals surface area (Å²) in [5.74, 6) is 0. The molecule has 0 unspecified atom stereocenters. The van der Waals surface area contributed by atoms with Crippen LogP contribution in [0.25, 0.3) is 75.1 Å². The Morgan fingerprint density at radius 1 is 0.367 bits per heavy atom. The molecule has 0 aliphatic carbocycles. The summed E-state index contributed by atoms with van der Waals surface area (Å²) in [6.07, 6.45) is 0. The van der Waals surface area contributed by atoms with Gasteiger partial charge in [-0.05, 0) is 93.7 Å². The van der Waals surface area contributed by atoms with Crippen molar-refractivity contribution < 1.29 is 4.42 Å². The lowest BCUT2D eigenvalue weighted by atomic mass is 10.0. The van der Waals surface area contributed by atoms with Crippen molar-refractivity contribution in [3.63, 3.8) is 0 Å². The zero-order valence-electron chi connectivity index (χ0n) is 26.5. The SMILES string of the molecule is c1ccc(-c2ccc(N(c3ccc(-c4ccc5oc6ccccc6c5c4)cc3)c3ccc4c(c3)sc3ccc5ccccc5c34)cc2)cc1. The number of hydrogen-bond donors (Lipinski definition) is 0. The molecular formula is C46H29NOS. The Morgan fingerprint density at radius 3 is 1.78 bits per heavy atom. The summed E-state index contributed by atoms with van der Waals surface area (Å²) in [5.41, 5.74) is 9.95. The zero-order valence-corrected chi connectivity index (χ0v) is 27.3. The highest BCUT2D eigenvalue weighted by Gasteiger charge is 2.17. The minimum absolute atomic E-state index is 0.913. The van der Waals surface area contributed by atoms with Gasteiger partial charge in [0.1, 0.15) is 11.2 Å². The van der Waals surface area contributed by atoms with Crippen molar-refractivity contribution in [3.8, 4) is 22.3 Å². The number of anilines is 3. The average molecular weight is 644 g/mol. The summed E-state index contributed by atoms with van der Waals surface area (Å²) >= 11 is 1.87. The number of benzene rings is 8. The number of hydrogen-bond acceptors (Lipinski definition) is 3. The molecule has 49 heavy (non-hydrogen) atoms. The van der Waals surface area contributed by atoms with Crippen LogP contribution in [0.15, 0.2) is 180 Å². The van der Waals surface area contributed by atoms with Crippen molar-refractivity contribution in [1.29, 1.82) is 0 Å². The van der Waals surface area contributed by atoms with Crippen LogP contribution in [0.3, 0.4) is 0 Å². The molecule has 0 aliphatic heterocycles. The molecule has 0 aliphatic rings. The molecule has 0 bridgehead atoms. The second kappa shape index (κ2) is 11.2. The number of rotatable bonds is 5. The summed E-state index contributed by atoms with van der Waals surface area (Å²) in [6.45, 7) is 0. The van der Waals surface area contributed by atoms with Gasteiger partial charge in [0, 0.05) is 48.0 Å². The number of para-hydroxylation sites is 1. The first kappa shape index (κ1) is 27.9. The fourth-order valence-electron chi connectivity index (χ4n) is 7.26. The van der Waals surface area contributed by atoms with Crippen LogP contribution in [0, 0.1) is 0 Å². The highest BCUT2D eigenvalue weighted by atomic mass is 32.1. The highest BCUT2D eigenvalue weighted by Crippen LogP contribution is 2.43. The van der Waals surface area contributed by atoms with Gasteiger partial charge in [-0.1, -0.05) is 115 Å². The van der Waals surface area contributed by atoms with Crippen LogP contribution in [0.4, 0.5) is 17.1 Å². The number of nitrogens with zero attached hydrogens (tertiary/aromatic N) is 1. The third kappa shape index (κ3) is 4.70. The number of furan rings is 1. The first-order chi connectivity index (χ1) is 24.3. The van der Waals surface area contributed by atoms with Gasteiger partial charge in [0.05, 0.1) is 0 Å². The van der Waals surface area contributed by atoms with Crippen LogP contribution < -0.4 is 4.90 Å². The predicted molar refractivity (Wildman–Crippen MR) is 210 cm³/mol. The quantitative estimate of drug-likeness (QED) is 0.186. The first-order valence-corrected chi connectivity index (χ1v) is 17.4. The summed E-state index contributed by atoms with van der Waals surface area (Å²) in [6, 6.07) is 63.3. The molecule has 0 spiro atoms.